The van der Waals surface area contributed by atoms with Crippen molar-refractivity contribution in [2.45, 2.75) is 13.5 Å². The first-order valence-electron chi connectivity index (χ1n) is 9.64. The lowest BCUT2D eigenvalue weighted by atomic mass is 10.0. The highest BCUT2D eigenvalue weighted by atomic mass is 35.5. The first kappa shape index (κ1) is 20.2. The fraction of sp³-hybridized carbons (Fsp3) is 0.250. The third kappa shape index (κ3) is 4.67. The number of nitrogens with one attached hydrogen (secondary N) is 1. The van der Waals surface area contributed by atoms with E-state index in [0.717, 1.165) is 37.5 Å². The highest BCUT2D eigenvalue weighted by Gasteiger charge is 2.15. The number of hydrogen-bond acceptors (Lipinski definition) is 3. The highest BCUT2D eigenvalue weighted by Crippen LogP contribution is 2.34. The van der Waals surface area contributed by atoms with E-state index >= 15 is 0 Å². The van der Waals surface area contributed by atoms with Crippen LogP contribution in [0.15, 0.2) is 72.8 Å². The number of benzene rings is 3. The third-order valence-electron chi connectivity index (χ3n) is 5.10. The van der Waals surface area contributed by atoms with Gasteiger partial charge >= 0.3 is 0 Å². The maximum absolute atomic E-state index is 6.17. The zero-order valence-electron chi connectivity index (χ0n) is 16.2. The van der Waals surface area contributed by atoms with Crippen molar-refractivity contribution in [3.63, 3.8) is 0 Å². The van der Waals surface area contributed by atoms with Crippen LogP contribution in [0.3, 0.4) is 0 Å². The normalized spacial score (nSPS) is 13.7. The molecule has 0 unspecified atom stereocenters. The minimum atomic E-state index is 0. The second-order valence-corrected chi connectivity index (χ2v) is 7.01. The summed E-state index contributed by atoms with van der Waals surface area (Å²) in [6.07, 6.45) is 0. The summed E-state index contributed by atoms with van der Waals surface area (Å²) < 4.78 is 6.17. The van der Waals surface area contributed by atoms with E-state index in [2.05, 4.69) is 65.7 Å². The molecule has 1 N–H and O–H groups in total. The molecule has 1 saturated heterocycles. The molecule has 4 rings (SSSR count). The SMILES string of the molecule is Cc1ccc(-c2ccccc2OCc2ccccc2)cc1N1CCNCC1.Cl. The van der Waals surface area contributed by atoms with Gasteiger partial charge in [-0.2, -0.15) is 0 Å². The minimum absolute atomic E-state index is 0. The van der Waals surface area contributed by atoms with Crippen LogP contribution < -0.4 is 15.0 Å². The van der Waals surface area contributed by atoms with Crippen LogP contribution in [0.1, 0.15) is 11.1 Å². The zero-order chi connectivity index (χ0) is 18.5. The molecule has 0 radical (unpaired) electrons. The van der Waals surface area contributed by atoms with Crippen LogP contribution in [-0.4, -0.2) is 26.2 Å². The molecule has 28 heavy (non-hydrogen) atoms. The van der Waals surface area contributed by atoms with Gasteiger partial charge in [-0.3, -0.25) is 0 Å². The molecule has 4 heteroatoms. The molecular formula is C24H27ClN2O. The van der Waals surface area contributed by atoms with Gasteiger partial charge in [0.05, 0.1) is 0 Å². The summed E-state index contributed by atoms with van der Waals surface area (Å²) in [5.74, 6) is 0.927. The van der Waals surface area contributed by atoms with E-state index in [1.54, 1.807) is 0 Å². The third-order valence-corrected chi connectivity index (χ3v) is 5.10. The standard InChI is InChI=1S/C24H26N2O.ClH/c1-19-11-12-21(17-23(19)26-15-13-25-14-16-26)22-9-5-6-10-24(22)27-18-20-7-3-2-4-8-20;/h2-12,17,25H,13-16,18H2,1H3;1H. The monoisotopic (exact) mass is 394 g/mol. The van der Waals surface area contributed by atoms with Crippen LogP contribution >= 0.6 is 12.4 Å². The Labute approximate surface area is 173 Å². The van der Waals surface area contributed by atoms with Gasteiger partial charge < -0.3 is 15.0 Å². The van der Waals surface area contributed by atoms with E-state index in [1.165, 1.54) is 22.4 Å². The Kier molecular flexibility index (Phi) is 6.96. The van der Waals surface area contributed by atoms with Gasteiger partial charge in [-0.05, 0) is 35.7 Å². The molecule has 0 bridgehead atoms. The first-order chi connectivity index (χ1) is 13.3. The smallest absolute Gasteiger partial charge is 0.127 e. The molecule has 1 aliphatic heterocycles. The van der Waals surface area contributed by atoms with Gasteiger partial charge in [0, 0.05) is 37.4 Å². The maximum Gasteiger partial charge on any atom is 0.127 e. The second kappa shape index (κ2) is 9.63. The summed E-state index contributed by atoms with van der Waals surface area (Å²) in [7, 11) is 0. The largest absolute Gasteiger partial charge is 0.488 e. The van der Waals surface area contributed by atoms with Crippen molar-refractivity contribution in [1.29, 1.82) is 0 Å². The number of anilines is 1. The van der Waals surface area contributed by atoms with Gasteiger partial charge in [-0.25, -0.2) is 0 Å². The van der Waals surface area contributed by atoms with Crippen molar-refractivity contribution in [2.75, 3.05) is 31.1 Å². The number of ether oxygens (including phenoxy) is 1. The number of piperazine rings is 1. The number of hydrogen-bond donors (Lipinski definition) is 1. The van der Waals surface area contributed by atoms with Gasteiger partial charge in [0.25, 0.3) is 0 Å². The zero-order valence-corrected chi connectivity index (χ0v) is 17.0. The summed E-state index contributed by atoms with van der Waals surface area (Å²) in [5, 5.41) is 3.43. The van der Waals surface area contributed by atoms with Crippen molar-refractivity contribution in [3.8, 4) is 16.9 Å². The molecule has 3 nitrogen and oxygen atoms in total. The summed E-state index contributed by atoms with van der Waals surface area (Å²) >= 11 is 0. The Morgan fingerprint density at radius 2 is 1.61 bits per heavy atom. The molecule has 1 aliphatic rings. The predicted molar refractivity (Wildman–Crippen MR) is 120 cm³/mol. The van der Waals surface area contributed by atoms with Crippen LogP contribution in [-0.2, 0) is 6.61 Å². The lowest BCUT2D eigenvalue weighted by Gasteiger charge is -2.31. The van der Waals surface area contributed by atoms with Crippen LogP contribution in [0, 0.1) is 6.92 Å². The summed E-state index contributed by atoms with van der Waals surface area (Å²) in [4.78, 5) is 2.47. The molecule has 3 aromatic carbocycles. The number of aryl methyl sites for hydroxylation is 1. The quantitative estimate of drug-likeness (QED) is 0.653. The van der Waals surface area contributed by atoms with Crippen LogP contribution in [0.25, 0.3) is 11.1 Å². The number of rotatable bonds is 5. The lowest BCUT2D eigenvalue weighted by molar-refractivity contribution is 0.307. The Morgan fingerprint density at radius 1 is 0.893 bits per heavy atom. The van der Waals surface area contributed by atoms with Crippen LogP contribution in [0.4, 0.5) is 5.69 Å². The first-order valence-corrected chi connectivity index (χ1v) is 9.64. The molecule has 0 atom stereocenters. The maximum atomic E-state index is 6.17. The number of para-hydroxylation sites is 1. The number of halogens is 1. The van der Waals surface area contributed by atoms with Gasteiger partial charge in [-0.1, -0.05) is 60.7 Å². The van der Waals surface area contributed by atoms with Crippen LogP contribution in [0.5, 0.6) is 5.75 Å². The van der Waals surface area contributed by atoms with Crippen molar-refractivity contribution in [3.05, 3.63) is 83.9 Å². The lowest BCUT2D eigenvalue weighted by Crippen LogP contribution is -2.43. The average molecular weight is 395 g/mol. The summed E-state index contributed by atoms with van der Waals surface area (Å²) in [5.41, 5.74) is 6.18. The Balaban J connectivity index is 0.00000225. The molecule has 0 aliphatic carbocycles. The molecule has 0 saturated carbocycles. The molecule has 0 amide bonds. The molecule has 146 valence electrons. The van der Waals surface area contributed by atoms with Crippen molar-refractivity contribution in [1.82, 2.24) is 5.32 Å². The molecule has 3 aromatic rings. The van der Waals surface area contributed by atoms with Crippen LogP contribution in [0.2, 0.25) is 0 Å². The Hall–Kier alpha value is -2.49. The molecule has 0 aromatic heterocycles. The topological polar surface area (TPSA) is 24.5 Å². The predicted octanol–water partition coefficient (Wildman–Crippen LogP) is 5.07. The van der Waals surface area contributed by atoms with Gasteiger partial charge in [0.2, 0.25) is 0 Å². The van der Waals surface area contributed by atoms with Crippen molar-refractivity contribution < 1.29 is 4.74 Å². The average Bonchev–Trinajstić information content (AvgIpc) is 2.74. The molecular weight excluding hydrogens is 368 g/mol. The van der Waals surface area contributed by atoms with E-state index < -0.39 is 0 Å². The van der Waals surface area contributed by atoms with Gasteiger partial charge in [0.1, 0.15) is 12.4 Å². The summed E-state index contributed by atoms with van der Waals surface area (Å²) in [6.45, 7) is 6.96. The van der Waals surface area contributed by atoms with Crippen molar-refractivity contribution >= 4 is 18.1 Å². The fourth-order valence-corrected chi connectivity index (χ4v) is 3.59. The second-order valence-electron chi connectivity index (χ2n) is 7.01. The fourth-order valence-electron chi connectivity index (χ4n) is 3.59. The minimum Gasteiger partial charge on any atom is -0.488 e. The van der Waals surface area contributed by atoms with E-state index in [4.69, 9.17) is 4.74 Å². The summed E-state index contributed by atoms with van der Waals surface area (Å²) in [6, 6.07) is 25.4. The van der Waals surface area contributed by atoms with E-state index in [9.17, 15) is 0 Å². The molecule has 1 heterocycles. The molecule has 0 spiro atoms. The Bertz CT molecular complexity index is 892. The van der Waals surface area contributed by atoms with E-state index in [-0.39, 0.29) is 12.4 Å². The highest BCUT2D eigenvalue weighted by molar-refractivity contribution is 5.85. The molecule has 1 fully saturated rings. The van der Waals surface area contributed by atoms with Crippen molar-refractivity contribution in [2.24, 2.45) is 0 Å². The van der Waals surface area contributed by atoms with E-state index in [1.807, 2.05) is 24.3 Å². The van der Waals surface area contributed by atoms with Gasteiger partial charge in [-0.15, -0.1) is 12.4 Å². The van der Waals surface area contributed by atoms with Gasteiger partial charge in [0.15, 0.2) is 0 Å². The van der Waals surface area contributed by atoms with E-state index in [0.29, 0.717) is 6.61 Å². The Morgan fingerprint density at radius 3 is 2.39 bits per heavy atom. The number of nitrogens with zero attached hydrogens (tertiary/aromatic N) is 1.